The first-order valence-corrected chi connectivity index (χ1v) is 9.38. The van der Waals surface area contributed by atoms with Crippen molar-refractivity contribution >= 4 is 15.9 Å². The molecule has 0 fully saturated rings. The lowest BCUT2D eigenvalue weighted by molar-refractivity contribution is -0.140. The molecule has 0 radical (unpaired) electrons. The van der Waals surface area contributed by atoms with Crippen molar-refractivity contribution in [3.8, 4) is 0 Å². The Hall–Kier alpha value is -0.100. The quantitative estimate of drug-likeness (QED) is 0.184. The van der Waals surface area contributed by atoms with E-state index < -0.39 is 0 Å². The van der Waals surface area contributed by atoms with E-state index in [1.807, 2.05) is 0 Å². The Balaban J connectivity index is 0. The molecule has 0 saturated carbocycles. The molecular weight excluding hydrogens is 291 g/mol. The number of carbonyl (C=O) groups excluding carboxylic acids is 1. The molecule has 0 aliphatic rings. The van der Waals surface area contributed by atoms with Crippen LogP contribution in [0.3, 0.4) is 0 Å². The van der Waals surface area contributed by atoms with E-state index in [4.69, 9.17) is 0 Å². The minimum atomic E-state index is -0.0651. The third-order valence-electron chi connectivity index (χ3n) is 4.21. The number of carbonyl (C=O) groups is 1. The number of ether oxygens (including phenoxy) is 1. The maximum atomic E-state index is 10.9. The van der Waals surface area contributed by atoms with Crippen LogP contribution in [0.25, 0.3) is 0 Å². The predicted molar refractivity (Wildman–Crippen MR) is 103 cm³/mol. The lowest BCUT2D eigenvalue weighted by Crippen LogP contribution is -1.99. The molecule has 0 saturated heterocycles. The van der Waals surface area contributed by atoms with Gasteiger partial charge in [0, 0.05) is 6.42 Å². The molecule has 0 amide bonds. The second-order valence-corrected chi connectivity index (χ2v) is 6.28. The number of hydrogen-bond donors (Lipinski definition) is 0. The van der Waals surface area contributed by atoms with Crippen molar-refractivity contribution in [2.45, 2.75) is 110 Å². The van der Waals surface area contributed by atoms with Crippen LogP contribution in [0.15, 0.2) is 0 Å². The Bertz CT molecular complexity index is 219. The molecule has 0 heterocycles. The summed E-state index contributed by atoms with van der Waals surface area (Å²) in [7, 11) is 1.47. The molecule has 0 spiro atoms. The normalized spacial score (nSPS) is 10.3. The van der Waals surface area contributed by atoms with Gasteiger partial charge in [-0.3, -0.25) is 4.79 Å². The van der Waals surface area contributed by atoms with E-state index in [1.165, 1.54) is 97.0 Å². The highest BCUT2D eigenvalue weighted by Gasteiger charge is 1.99. The summed E-state index contributed by atoms with van der Waals surface area (Å²) in [6.07, 6.45) is 20.9. The maximum absolute atomic E-state index is 10.9. The van der Waals surface area contributed by atoms with E-state index in [1.54, 1.807) is 0 Å². The van der Waals surface area contributed by atoms with Crippen LogP contribution in [0.4, 0.5) is 0 Å². The molecule has 0 bridgehead atoms. The lowest BCUT2D eigenvalue weighted by atomic mass is 10.0. The summed E-state index contributed by atoms with van der Waals surface area (Å²) in [6.45, 7) is 2.28. The highest BCUT2D eigenvalue weighted by molar-refractivity contribution is 6.92. The van der Waals surface area contributed by atoms with Gasteiger partial charge < -0.3 is 4.74 Å². The molecule has 2 nitrogen and oxygen atoms in total. The smallest absolute Gasteiger partial charge is 0.305 e. The number of hydrogen-bond acceptors (Lipinski definition) is 2. The second kappa shape index (κ2) is 20.9. The molecule has 3 heteroatoms. The first-order chi connectivity index (χ1) is 10.3. The Morgan fingerprint density at radius 2 is 0.955 bits per heavy atom. The molecular formula is C19H41O2P. The molecule has 0 N–H and O–H groups in total. The molecule has 0 aliphatic carbocycles. The summed E-state index contributed by atoms with van der Waals surface area (Å²) in [5.74, 6) is -0.0651. The van der Waals surface area contributed by atoms with Gasteiger partial charge in [-0.15, -0.1) is 0 Å². The average molecular weight is 333 g/mol. The molecule has 0 rings (SSSR count). The van der Waals surface area contributed by atoms with Crippen molar-refractivity contribution in [3.05, 3.63) is 0 Å². The van der Waals surface area contributed by atoms with Gasteiger partial charge in [0.25, 0.3) is 0 Å². The third kappa shape index (κ3) is 19.9. The summed E-state index contributed by atoms with van der Waals surface area (Å²) in [5.41, 5.74) is 0. The Morgan fingerprint density at radius 1 is 0.636 bits per heavy atom. The Labute approximate surface area is 142 Å². The van der Waals surface area contributed by atoms with Gasteiger partial charge in [-0.2, -0.15) is 9.90 Å². The van der Waals surface area contributed by atoms with E-state index in [-0.39, 0.29) is 15.9 Å². The summed E-state index contributed by atoms with van der Waals surface area (Å²) in [6, 6.07) is 0. The lowest BCUT2D eigenvalue weighted by Gasteiger charge is -2.03. The van der Waals surface area contributed by atoms with Gasteiger partial charge in [-0.25, -0.2) is 0 Å². The zero-order valence-electron chi connectivity index (χ0n) is 15.3. The van der Waals surface area contributed by atoms with Crippen LogP contribution in [0.1, 0.15) is 110 Å². The number of unbranched alkanes of at least 4 members (excludes halogenated alkanes) is 14. The van der Waals surface area contributed by atoms with Gasteiger partial charge in [-0.05, 0) is 6.42 Å². The summed E-state index contributed by atoms with van der Waals surface area (Å²) in [5, 5.41) is 0. The number of methoxy groups -OCH3 is 1. The molecule has 1 unspecified atom stereocenters. The second-order valence-electron chi connectivity index (χ2n) is 6.28. The molecule has 1 atom stereocenters. The fraction of sp³-hybridized carbons (Fsp3) is 0.947. The summed E-state index contributed by atoms with van der Waals surface area (Å²) < 4.78 is 4.63. The number of esters is 1. The van der Waals surface area contributed by atoms with Crippen LogP contribution in [0.2, 0.25) is 0 Å². The van der Waals surface area contributed by atoms with Crippen LogP contribution >= 0.6 is 9.90 Å². The van der Waals surface area contributed by atoms with E-state index >= 15 is 0 Å². The van der Waals surface area contributed by atoms with Gasteiger partial charge in [0.05, 0.1) is 7.11 Å². The van der Waals surface area contributed by atoms with Crippen molar-refractivity contribution in [1.82, 2.24) is 0 Å². The zero-order chi connectivity index (χ0) is 15.6. The number of rotatable bonds is 16. The van der Waals surface area contributed by atoms with Crippen LogP contribution in [0.5, 0.6) is 0 Å². The summed E-state index contributed by atoms with van der Waals surface area (Å²) in [4.78, 5) is 10.9. The molecule has 134 valence electrons. The van der Waals surface area contributed by atoms with E-state index in [0.717, 1.165) is 6.42 Å². The van der Waals surface area contributed by atoms with Crippen LogP contribution in [-0.4, -0.2) is 13.1 Å². The standard InChI is InChI=1S/C19H38O2.H3P/c1-3-4-5-6-7-8-9-10-11-12-13-14-15-16-17-18-19(20)21-2;/h3-18H2,1-2H3;1H3. The van der Waals surface area contributed by atoms with Crippen LogP contribution in [-0.2, 0) is 9.53 Å². The highest BCUT2D eigenvalue weighted by Crippen LogP contribution is 2.13. The van der Waals surface area contributed by atoms with Crippen molar-refractivity contribution in [3.63, 3.8) is 0 Å². The van der Waals surface area contributed by atoms with Crippen molar-refractivity contribution in [2.75, 3.05) is 7.11 Å². The molecule has 0 aromatic carbocycles. The monoisotopic (exact) mass is 332 g/mol. The van der Waals surface area contributed by atoms with Gasteiger partial charge in [-0.1, -0.05) is 96.8 Å². The van der Waals surface area contributed by atoms with Gasteiger partial charge in [0.2, 0.25) is 0 Å². The maximum Gasteiger partial charge on any atom is 0.305 e. The van der Waals surface area contributed by atoms with E-state index in [9.17, 15) is 4.79 Å². The first-order valence-electron chi connectivity index (χ1n) is 9.38. The molecule has 0 aromatic rings. The third-order valence-corrected chi connectivity index (χ3v) is 4.21. The van der Waals surface area contributed by atoms with Crippen LogP contribution in [0, 0.1) is 0 Å². The minimum absolute atomic E-state index is 0. The van der Waals surface area contributed by atoms with E-state index in [2.05, 4.69) is 11.7 Å². The summed E-state index contributed by atoms with van der Waals surface area (Å²) >= 11 is 0. The van der Waals surface area contributed by atoms with Crippen molar-refractivity contribution in [1.29, 1.82) is 0 Å². The first kappa shape index (κ1) is 24.2. The average Bonchev–Trinajstić information content (AvgIpc) is 2.50. The largest absolute Gasteiger partial charge is 0.469 e. The fourth-order valence-electron chi connectivity index (χ4n) is 2.74. The molecule has 0 aliphatic heterocycles. The SMILES string of the molecule is CCCCCCCCCCCCCCCCCC(=O)OC.P. The van der Waals surface area contributed by atoms with Crippen molar-refractivity contribution < 1.29 is 9.53 Å². The van der Waals surface area contributed by atoms with Crippen LogP contribution < -0.4 is 0 Å². The van der Waals surface area contributed by atoms with E-state index in [0.29, 0.717) is 6.42 Å². The topological polar surface area (TPSA) is 26.3 Å². The van der Waals surface area contributed by atoms with Gasteiger partial charge in [0.1, 0.15) is 0 Å². The zero-order valence-corrected chi connectivity index (χ0v) is 16.8. The molecule has 0 aromatic heterocycles. The molecule has 22 heavy (non-hydrogen) atoms. The van der Waals surface area contributed by atoms with Gasteiger partial charge >= 0.3 is 5.97 Å². The Kier molecular flexibility index (Phi) is 22.9. The fourth-order valence-corrected chi connectivity index (χ4v) is 2.74. The van der Waals surface area contributed by atoms with Gasteiger partial charge in [0.15, 0.2) is 0 Å². The highest BCUT2D eigenvalue weighted by atomic mass is 31.0. The predicted octanol–water partition coefficient (Wildman–Crippen LogP) is 6.48. The van der Waals surface area contributed by atoms with Crippen molar-refractivity contribution in [2.24, 2.45) is 0 Å². The minimum Gasteiger partial charge on any atom is -0.469 e. The Morgan fingerprint density at radius 3 is 1.27 bits per heavy atom.